The lowest BCUT2D eigenvalue weighted by Crippen LogP contribution is -2.31. The molecule has 3 rings (SSSR count). The lowest BCUT2D eigenvalue weighted by atomic mass is 9.86. The Morgan fingerprint density at radius 2 is 1.90 bits per heavy atom. The third-order valence-electron chi connectivity index (χ3n) is 4.67. The van der Waals surface area contributed by atoms with Gasteiger partial charge in [-0.2, -0.15) is 0 Å². The predicted octanol–water partition coefficient (Wildman–Crippen LogP) is 3.84. The molecule has 29 heavy (non-hydrogen) atoms. The number of halogens is 2. The highest BCUT2D eigenvalue weighted by molar-refractivity contribution is 14.1. The fourth-order valence-electron chi connectivity index (χ4n) is 3.04. The average Bonchev–Trinajstić information content (AvgIpc) is 3.00. The first-order chi connectivity index (χ1) is 13.6. The fourth-order valence-corrected chi connectivity index (χ4v) is 3.75. The molecular formula is C20H20FIN4O3. The van der Waals surface area contributed by atoms with E-state index in [4.69, 9.17) is 0 Å². The molecule has 152 valence electrons. The van der Waals surface area contributed by atoms with Crippen LogP contribution in [0.5, 0.6) is 0 Å². The number of carbonyl (C=O) groups is 1. The SMILES string of the molecule is CC(C)(C)C(Cn1nnc(-c2ccc(F)cc2)c1I)n1ccc(=O)c(C(=O)O)c1. The van der Waals surface area contributed by atoms with E-state index in [0.29, 0.717) is 12.2 Å². The molecule has 0 aliphatic carbocycles. The van der Waals surface area contributed by atoms with Gasteiger partial charge in [-0.05, 0) is 52.3 Å². The number of hydrogen-bond donors (Lipinski definition) is 1. The maximum atomic E-state index is 13.2. The monoisotopic (exact) mass is 510 g/mol. The molecule has 0 bridgehead atoms. The van der Waals surface area contributed by atoms with Crippen LogP contribution in [0.3, 0.4) is 0 Å². The zero-order valence-electron chi connectivity index (χ0n) is 16.1. The number of rotatable bonds is 5. The normalized spacial score (nSPS) is 12.7. The van der Waals surface area contributed by atoms with Crippen LogP contribution < -0.4 is 5.43 Å². The van der Waals surface area contributed by atoms with Crippen molar-refractivity contribution < 1.29 is 14.3 Å². The summed E-state index contributed by atoms with van der Waals surface area (Å²) in [6.07, 6.45) is 2.96. The lowest BCUT2D eigenvalue weighted by Gasteiger charge is -2.33. The molecule has 0 radical (unpaired) electrons. The molecule has 9 heteroatoms. The molecule has 0 aliphatic rings. The van der Waals surface area contributed by atoms with Crippen LogP contribution in [0.1, 0.15) is 37.2 Å². The maximum absolute atomic E-state index is 13.2. The van der Waals surface area contributed by atoms with Crippen molar-refractivity contribution in [1.29, 1.82) is 0 Å². The van der Waals surface area contributed by atoms with E-state index in [-0.39, 0.29) is 22.8 Å². The molecule has 1 N–H and O–H groups in total. The van der Waals surface area contributed by atoms with Gasteiger partial charge in [-0.25, -0.2) is 13.9 Å². The van der Waals surface area contributed by atoms with Gasteiger partial charge in [0.1, 0.15) is 20.8 Å². The van der Waals surface area contributed by atoms with Gasteiger partial charge < -0.3 is 9.67 Å². The van der Waals surface area contributed by atoms with Gasteiger partial charge in [0.25, 0.3) is 0 Å². The zero-order valence-corrected chi connectivity index (χ0v) is 18.3. The van der Waals surface area contributed by atoms with Gasteiger partial charge in [0, 0.05) is 24.0 Å². The number of carboxylic acid groups (broad SMARTS) is 1. The number of nitrogens with zero attached hydrogens (tertiary/aromatic N) is 4. The molecule has 1 aromatic carbocycles. The standard InChI is InChI=1S/C20H20FIN4O3/c1-20(2,3)16(25-9-8-15(27)14(10-25)19(28)29)11-26-18(22)17(23-24-26)12-4-6-13(21)7-5-12/h4-10,16H,11H2,1-3H3,(H,28,29). The highest BCUT2D eigenvalue weighted by Crippen LogP contribution is 2.33. The number of carboxylic acids is 1. The zero-order chi connectivity index (χ0) is 21.3. The third kappa shape index (κ3) is 4.55. The van der Waals surface area contributed by atoms with E-state index in [1.807, 2.05) is 20.8 Å². The Kier molecular flexibility index (Phi) is 5.87. The van der Waals surface area contributed by atoms with Crippen LogP contribution in [0.15, 0.2) is 47.5 Å². The van der Waals surface area contributed by atoms with Crippen molar-refractivity contribution in [2.45, 2.75) is 33.4 Å². The van der Waals surface area contributed by atoms with E-state index >= 15 is 0 Å². The smallest absolute Gasteiger partial charge is 0.341 e. The van der Waals surface area contributed by atoms with Crippen LogP contribution in [-0.2, 0) is 6.54 Å². The number of hydrogen-bond acceptors (Lipinski definition) is 4. The second kappa shape index (κ2) is 8.05. The minimum Gasteiger partial charge on any atom is -0.477 e. The summed E-state index contributed by atoms with van der Waals surface area (Å²) in [7, 11) is 0. The molecule has 0 saturated carbocycles. The van der Waals surface area contributed by atoms with Crippen LogP contribution in [0.4, 0.5) is 4.39 Å². The van der Waals surface area contributed by atoms with Crippen LogP contribution in [0.2, 0.25) is 0 Å². The summed E-state index contributed by atoms with van der Waals surface area (Å²) in [6, 6.07) is 7.10. The Labute approximate surface area is 180 Å². The largest absolute Gasteiger partial charge is 0.477 e. The Bertz CT molecular complexity index is 1100. The minimum absolute atomic E-state index is 0.197. The summed E-state index contributed by atoms with van der Waals surface area (Å²) >= 11 is 2.14. The first kappa shape index (κ1) is 21.2. The first-order valence-corrected chi connectivity index (χ1v) is 9.96. The van der Waals surface area contributed by atoms with Gasteiger partial charge in [0.05, 0.1) is 12.6 Å². The molecule has 2 heterocycles. The molecule has 0 amide bonds. The van der Waals surface area contributed by atoms with Crippen molar-refractivity contribution >= 4 is 28.6 Å². The minimum atomic E-state index is -1.26. The predicted molar refractivity (Wildman–Crippen MR) is 114 cm³/mol. The number of benzene rings is 1. The van der Waals surface area contributed by atoms with Crippen molar-refractivity contribution in [2.24, 2.45) is 5.41 Å². The van der Waals surface area contributed by atoms with E-state index in [2.05, 4.69) is 32.9 Å². The van der Waals surface area contributed by atoms with Crippen LogP contribution in [0, 0.1) is 14.9 Å². The Hall–Kier alpha value is -2.56. The van der Waals surface area contributed by atoms with E-state index in [0.717, 1.165) is 9.26 Å². The van der Waals surface area contributed by atoms with Crippen LogP contribution in [0.25, 0.3) is 11.3 Å². The summed E-state index contributed by atoms with van der Waals surface area (Å²) in [5.41, 5.74) is 0.322. The summed E-state index contributed by atoms with van der Waals surface area (Å²) in [6.45, 7) is 6.50. The average molecular weight is 510 g/mol. The van der Waals surface area contributed by atoms with Gasteiger partial charge in [0.2, 0.25) is 0 Å². The van der Waals surface area contributed by atoms with Crippen molar-refractivity contribution in [3.8, 4) is 11.3 Å². The molecule has 7 nitrogen and oxygen atoms in total. The molecule has 1 atom stereocenters. The summed E-state index contributed by atoms with van der Waals surface area (Å²) in [5, 5.41) is 17.8. The molecule has 1 unspecified atom stereocenters. The Morgan fingerprint density at radius 3 is 2.48 bits per heavy atom. The number of aromatic carboxylic acids is 1. The third-order valence-corrected chi connectivity index (χ3v) is 5.74. The highest BCUT2D eigenvalue weighted by atomic mass is 127. The van der Waals surface area contributed by atoms with Crippen molar-refractivity contribution in [2.75, 3.05) is 0 Å². The Morgan fingerprint density at radius 1 is 1.24 bits per heavy atom. The van der Waals surface area contributed by atoms with Crippen molar-refractivity contribution in [3.63, 3.8) is 0 Å². The van der Waals surface area contributed by atoms with E-state index < -0.39 is 11.4 Å². The molecular weight excluding hydrogens is 490 g/mol. The van der Waals surface area contributed by atoms with Crippen LogP contribution in [-0.4, -0.2) is 30.6 Å². The lowest BCUT2D eigenvalue weighted by molar-refractivity contribution is 0.0693. The number of pyridine rings is 1. The topological polar surface area (TPSA) is 90.0 Å². The van der Waals surface area contributed by atoms with Gasteiger partial charge in [-0.1, -0.05) is 26.0 Å². The van der Waals surface area contributed by atoms with E-state index in [9.17, 15) is 19.1 Å². The molecule has 0 fully saturated rings. The molecule has 3 aromatic rings. The highest BCUT2D eigenvalue weighted by Gasteiger charge is 2.28. The van der Waals surface area contributed by atoms with Crippen LogP contribution >= 0.6 is 22.6 Å². The molecule has 0 saturated heterocycles. The van der Waals surface area contributed by atoms with Crippen molar-refractivity contribution in [1.82, 2.24) is 19.6 Å². The van der Waals surface area contributed by atoms with Gasteiger partial charge in [-0.15, -0.1) is 5.10 Å². The van der Waals surface area contributed by atoms with Gasteiger partial charge >= 0.3 is 5.97 Å². The molecule has 0 aliphatic heterocycles. The molecule has 0 spiro atoms. The number of aromatic nitrogens is 4. The maximum Gasteiger partial charge on any atom is 0.341 e. The molecule has 2 aromatic heterocycles. The van der Waals surface area contributed by atoms with E-state index in [1.165, 1.54) is 24.4 Å². The summed E-state index contributed by atoms with van der Waals surface area (Å²) in [5.74, 6) is -1.58. The second-order valence-electron chi connectivity index (χ2n) is 7.77. The fraction of sp³-hybridized carbons (Fsp3) is 0.300. The summed E-state index contributed by atoms with van der Waals surface area (Å²) < 4.78 is 17.5. The van der Waals surface area contributed by atoms with Gasteiger partial charge in [-0.3, -0.25) is 4.79 Å². The second-order valence-corrected chi connectivity index (χ2v) is 8.80. The Balaban J connectivity index is 1.99. The quantitative estimate of drug-likeness (QED) is 0.527. The van der Waals surface area contributed by atoms with E-state index in [1.54, 1.807) is 27.6 Å². The first-order valence-electron chi connectivity index (χ1n) is 8.88. The summed E-state index contributed by atoms with van der Waals surface area (Å²) in [4.78, 5) is 23.2. The van der Waals surface area contributed by atoms with Crippen molar-refractivity contribution in [3.05, 3.63) is 68.0 Å². The van der Waals surface area contributed by atoms with Gasteiger partial charge in [0.15, 0.2) is 5.43 Å².